The smallest absolute Gasteiger partial charge is 0.262 e. The fourth-order valence-electron chi connectivity index (χ4n) is 2.91. The SMILES string of the molecule is Cc1cc(OCC(=O)Nc2cccc(C(=O)NCC3CCCO3)c2)ccc1Cl. The molecule has 0 saturated carbocycles. The van der Waals surface area contributed by atoms with E-state index in [-0.39, 0.29) is 24.5 Å². The molecule has 1 unspecified atom stereocenters. The summed E-state index contributed by atoms with van der Waals surface area (Å²) in [6.07, 6.45) is 2.07. The maximum absolute atomic E-state index is 12.3. The third kappa shape index (κ3) is 5.71. The minimum atomic E-state index is -0.315. The van der Waals surface area contributed by atoms with E-state index in [2.05, 4.69) is 10.6 Å². The van der Waals surface area contributed by atoms with Gasteiger partial charge < -0.3 is 20.1 Å². The maximum atomic E-state index is 12.3. The zero-order valence-electron chi connectivity index (χ0n) is 15.7. The van der Waals surface area contributed by atoms with E-state index in [0.717, 1.165) is 25.0 Å². The molecular formula is C21H23ClN2O4. The van der Waals surface area contributed by atoms with Gasteiger partial charge in [0.1, 0.15) is 5.75 Å². The number of benzene rings is 2. The number of carbonyl (C=O) groups is 2. The van der Waals surface area contributed by atoms with Crippen molar-refractivity contribution in [1.29, 1.82) is 0 Å². The van der Waals surface area contributed by atoms with Gasteiger partial charge in [0.05, 0.1) is 6.10 Å². The molecule has 0 spiro atoms. The third-order valence-electron chi connectivity index (χ3n) is 4.42. The fraction of sp³-hybridized carbons (Fsp3) is 0.333. The van der Waals surface area contributed by atoms with E-state index in [1.165, 1.54) is 0 Å². The van der Waals surface area contributed by atoms with Gasteiger partial charge in [-0.15, -0.1) is 0 Å². The molecule has 2 amide bonds. The standard InChI is InChI=1S/C21H23ClN2O4/c1-14-10-17(7-8-19(14)22)28-13-20(25)24-16-5-2-4-15(11-16)21(26)23-12-18-6-3-9-27-18/h2,4-5,7-8,10-11,18H,3,6,9,12-13H2,1H3,(H,23,26)(H,24,25). The number of hydrogen-bond acceptors (Lipinski definition) is 4. The topological polar surface area (TPSA) is 76.7 Å². The highest BCUT2D eigenvalue weighted by Crippen LogP contribution is 2.21. The van der Waals surface area contributed by atoms with Crippen molar-refractivity contribution in [1.82, 2.24) is 5.32 Å². The van der Waals surface area contributed by atoms with Crippen molar-refractivity contribution in [3.8, 4) is 5.75 Å². The van der Waals surface area contributed by atoms with E-state index in [4.69, 9.17) is 21.1 Å². The molecule has 6 nitrogen and oxygen atoms in total. The fourth-order valence-corrected chi connectivity index (χ4v) is 3.02. The van der Waals surface area contributed by atoms with Crippen LogP contribution in [0, 0.1) is 6.92 Å². The van der Waals surface area contributed by atoms with Crippen LogP contribution in [0.15, 0.2) is 42.5 Å². The van der Waals surface area contributed by atoms with Crippen LogP contribution in [-0.4, -0.2) is 37.7 Å². The van der Waals surface area contributed by atoms with E-state index in [0.29, 0.717) is 28.6 Å². The number of anilines is 1. The van der Waals surface area contributed by atoms with Crippen LogP contribution in [0.5, 0.6) is 5.75 Å². The molecule has 1 aliphatic rings. The molecule has 1 saturated heterocycles. The first-order valence-electron chi connectivity index (χ1n) is 9.20. The van der Waals surface area contributed by atoms with Crippen molar-refractivity contribution >= 4 is 29.1 Å². The van der Waals surface area contributed by atoms with Gasteiger partial charge in [-0.25, -0.2) is 0 Å². The Balaban J connectivity index is 1.50. The number of amides is 2. The molecule has 0 aromatic heterocycles. The number of halogens is 1. The van der Waals surface area contributed by atoms with Crippen LogP contribution in [-0.2, 0) is 9.53 Å². The Morgan fingerprint density at radius 2 is 2.11 bits per heavy atom. The first-order chi connectivity index (χ1) is 13.5. The summed E-state index contributed by atoms with van der Waals surface area (Å²) >= 11 is 5.98. The lowest BCUT2D eigenvalue weighted by molar-refractivity contribution is -0.118. The average Bonchev–Trinajstić information content (AvgIpc) is 3.21. The maximum Gasteiger partial charge on any atom is 0.262 e. The normalized spacial score (nSPS) is 15.9. The van der Waals surface area contributed by atoms with E-state index < -0.39 is 0 Å². The van der Waals surface area contributed by atoms with Gasteiger partial charge in [0.15, 0.2) is 6.61 Å². The number of nitrogens with one attached hydrogen (secondary N) is 2. The van der Waals surface area contributed by atoms with Crippen molar-refractivity contribution < 1.29 is 19.1 Å². The Bertz CT molecular complexity index is 850. The molecule has 2 aromatic carbocycles. The predicted octanol–water partition coefficient (Wildman–Crippen LogP) is 3.57. The van der Waals surface area contributed by atoms with Gasteiger partial charge in [-0.1, -0.05) is 17.7 Å². The molecule has 28 heavy (non-hydrogen) atoms. The first kappa shape index (κ1) is 20.2. The van der Waals surface area contributed by atoms with Crippen LogP contribution in [0.2, 0.25) is 5.02 Å². The summed E-state index contributed by atoms with van der Waals surface area (Å²) in [5.41, 5.74) is 1.89. The molecule has 148 valence electrons. The van der Waals surface area contributed by atoms with E-state index in [1.807, 2.05) is 6.92 Å². The van der Waals surface area contributed by atoms with Crippen molar-refractivity contribution in [2.75, 3.05) is 25.1 Å². The van der Waals surface area contributed by atoms with Crippen LogP contribution < -0.4 is 15.4 Å². The van der Waals surface area contributed by atoms with Crippen LogP contribution >= 0.6 is 11.6 Å². The Morgan fingerprint density at radius 1 is 1.25 bits per heavy atom. The van der Waals surface area contributed by atoms with Crippen molar-refractivity contribution in [3.05, 3.63) is 58.6 Å². The molecule has 2 N–H and O–H groups in total. The average molecular weight is 403 g/mol. The molecule has 0 radical (unpaired) electrons. The van der Waals surface area contributed by atoms with Gasteiger partial charge in [0.25, 0.3) is 11.8 Å². The zero-order chi connectivity index (χ0) is 19.9. The summed E-state index contributed by atoms with van der Waals surface area (Å²) in [5.74, 6) is 0.0586. The summed E-state index contributed by atoms with van der Waals surface area (Å²) in [6.45, 7) is 2.96. The highest BCUT2D eigenvalue weighted by Gasteiger charge is 2.17. The molecular weight excluding hydrogens is 380 g/mol. The minimum absolute atomic E-state index is 0.0838. The Labute approximate surface area is 169 Å². The highest BCUT2D eigenvalue weighted by atomic mass is 35.5. The Kier molecular flexibility index (Phi) is 6.90. The zero-order valence-corrected chi connectivity index (χ0v) is 16.4. The molecule has 7 heteroatoms. The second-order valence-electron chi connectivity index (χ2n) is 6.67. The highest BCUT2D eigenvalue weighted by molar-refractivity contribution is 6.31. The van der Waals surface area contributed by atoms with Crippen LogP contribution in [0.3, 0.4) is 0 Å². The summed E-state index contributed by atoms with van der Waals surface area (Å²) < 4.78 is 11.0. The molecule has 1 fully saturated rings. The van der Waals surface area contributed by atoms with Gasteiger partial charge in [-0.2, -0.15) is 0 Å². The number of carbonyl (C=O) groups excluding carboxylic acids is 2. The van der Waals surface area contributed by atoms with Gasteiger partial charge in [-0.05, 0) is 61.7 Å². The number of aryl methyl sites for hydroxylation is 1. The van der Waals surface area contributed by atoms with Gasteiger partial charge >= 0.3 is 0 Å². The molecule has 1 atom stereocenters. The summed E-state index contributed by atoms with van der Waals surface area (Å²) in [5, 5.41) is 6.25. The third-order valence-corrected chi connectivity index (χ3v) is 4.85. The van der Waals surface area contributed by atoms with E-state index >= 15 is 0 Å². The first-order valence-corrected chi connectivity index (χ1v) is 9.58. The molecule has 0 aliphatic carbocycles. The predicted molar refractivity (Wildman–Crippen MR) is 108 cm³/mol. The van der Waals surface area contributed by atoms with Crippen molar-refractivity contribution in [2.24, 2.45) is 0 Å². The summed E-state index contributed by atoms with van der Waals surface area (Å²) in [4.78, 5) is 24.4. The molecule has 1 heterocycles. The number of ether oxygens (including phenoxy) is 2. The second-order valence-corrected chi connectivity index (χ2v) is 7.08. The lowest BCUT2D eigenvalue weighted by Crippen LogP contribution is -2.31. The van der Waals surface area contributed by atoms with Crippen molar-refractivity contribution in [3.63, 3.8) is 0 Å². The van der Waals surface area contributed by atoms with Crippen LogP contribution in [0.25, 0.3) is 0 Å². The molecule has 0 bridgehead atoms. The quantitative estimate of drug-likeness (QED) is 0.742. The Hall–Kier alpha value is -2.57. The largest absolute Gasteiger partial charge is 0.484 e. The lowest BCUT2D eigenvalue weighted by Gasteiger charge is -2.12. The number of rotatable bonds is 7. The van der Waals surface area contributed by atoms with Crippen molar-refractivity contribution in [2.45, 2.75) is 25.9 Å². The van der Waals surface area contributed by atoms with Gasteiger partial charge in [0, 0.05) is 29.4 Å². The second kappa shape index (κ2) is 9.57. The molecule has 3 rings (SSSR count). The summed E-state index contributed by atoms with van der Waals surface area (Å²) in [6, 6.07) is 12.0. The van der Waals surface area contributed by atoms with Gasteiger partial charge in [0.2, 0.25) is 0 Å². The number of hydrogen-bond donors (Lipinski definition) is 2. The van der Waals surface area contributed by atoms with Crippen LogP contribution in [0.1, 0.15) is 28.8 Å². The molecule has 2 aromatic rings. The van der Waals surface area contributed by atoms with Crippen LogP contribution in [0.4, 0.5) is 5.69 Å². The minimum Gasteiger partial charge on any atom is -0.484 e. The van der Waals surface area contributed by atoms with E-state index in [9.17, 15) is 9.59 Å². The molecule has 1 aliphatic heterocycles. The van der Waals surface area contributed by atoms with E-state index in [1.54, 1.807) is 42.5 Å². The lowest BCUT2D eigenvalue weighted by atomic mass is 10.1. The Morgan fingerprint density at radius 3 is 2.86 bits per heavy atom. The monoisotopic (exact) mass is 402 g/mol. The van der Waals surface area contributed by atoms with Gasteiger partial charge in [-0.3, -0.25) is 9.59 Å². The summed E-state index contributed by atoms with van der Waals surface area (Å²) in [7, 11) is 0.